The van der Waals surface area contributed by atoms with Gasteiger partial charge in [-0.1, -0.05) is 12.1 Å². The number of ether oxygens (including phenoxy) is 1. The molecule has 1 saturated heterocycles. The second-order valence-electron chi connectivity index (χ2n) is 6.92. The van der Waals surface area contributed by atoms with Crippen LogP contribution < -0.4 is 4.74 Å². The second kappa shape index (κ2) is 7.08. The zero-order valence-corrected chi connectivity index (χ0v) is 15.0. The third-order valence-electron chi connectivity index (χ3n) is 5.56. The van der Waals surface area contributed by atoms with E-state index in [0.29, 0.717) is 18.7 Å². The van der Waals surface area contributed by atoms with Gasteiger partial charge in [-0.05, 0) is 54.3 Å². The van der Waals surface area contributed by atoms with Crippen molar-refractivity contribution in [3.8, 4) is 5.75 Å². The number of nitrogens with zero attached hydrogens (tertiary/aromatic N) is 2. The number of hydrogen-bond donors (Lipinski definition) is 0. The standard InChI is InChI=1S/C21H23FN2O2/c1-26-16-7-5-15(6-8-16)21(25)24-13-11-23(12-14-24)20-10-9-17-18(20)3-2-4-19(17)22/h2-8,20H,9-14H2,1H3/t20-/m0/s1. The summed E-state index contributed by atoms with van der Waals surface area (Å²) in [6.45, 7) is 3.04. The molecular formula is C21H23FN2O2. The van der Waals surface area contributed by atoms with E-state index in [9.17, 15) is 9.18 Å². The van der Waals surface area contributed by atoms with Gasteiger partial charge in [-0.3, -0.25) is 9.69 Å². The second-order valence-corrected chi connectivity index (χ2v) is 6.92. The molecule has 1 aliphatic carbocycles. The van der Waals surface area contributed by atoms with Crippen LogP contribution in [0.25, 0.3) is 0 Å². The Labute approximate surface area is 153 Å². The first-order valence-corrected chi connectivity index (χ1v) is 9.12. The molecule has 4 rings (SSSR count). The van der Waals surface area contributed by atoms with E-state index in [-0.39, 0.29) is 17.8 Å². The molecule has 2 aromatic carbocycles. The van der Waals surface area contributed by atoms with Gasteiger partial charge in [0.05, 0.1) is 7.11 Å². The van der Waals surface area contributed by atoms with Crippen LogP contribution in [0.4, 0.5) is 4.39 Å². The highest BCUT2D eigenvalue weighted by Gasteiger charge is 2.32. The molecule has 0 bridgehead atoms. The van der Waals surface area contributed by atoms with Gasteiger partial charge in [0.15, 0.2) is 0 Å². The maximum absolute atomic E-state index is 14.0. The van der Waals surface area contributed by atoms with E-state index in [1.54, 1.807) is 19.2 Å². The van der Waals surface area contributed by atoms with Gasteiger partial charge in [-0.15, -0.1) is 0 Å². The minimum Gasteiger partial charge on any atom is -0.497 e. The number of rotatable bonds is 3. The van der Waals surface area contributed by atoms with Gasteiger partial charge >= 0.3 is 0 Å². The fourth-order valence-electron chi connectivity index (χ4n) is 4.12. The monoisotopic (exact) mass is 354 g/mol. The number of fused-ring (bicyclic) bond motifs is 1. The van der Waals surface area contributed by atoms with E-state index in [2.05, 4.69) is 4.90 Å². The summed E-state index contributed by atoms with van der Waals surface area (Å²) in [6.07, 6.45) is 1.76. The average Bonchev–Trinajstić information content (AvgIpc) is 3.13. The van der Waals surface area contributed by atoms with E-state index in [0.717, 1.165) is 42.8 Å². The lowest BCUT2D eigenvalue weighted by atomic mass is 10.1. The van der Waals surface area contributed by atoms with Gasteiger partial charge in [0.2, 0.25) is 0 Å². The predicted octanol–water partition coefficient (Wildman–Crippen LogP) is 3.28. The van der Waals surface area contributed by atoms with Crippen LogP contribution in [0, 0.1) is 5.82 Å². The Kier molecular flexibility index (Phi) is 4.64. The molecule has 0 spiro atoms. The Morgan fingerprint density at radius 2 is 1.81 bits per heavy atom. The maximum Gasteiger partial charge on any atom is 0.253 e. The SMILES string of the molecule is COc1ccc(C(=O)N2CCN([C@H]3CCc4c(F)cccc43)CC2)cc1. The first-order chi connectivity index (χ1) is 12.7. The summed E-state index contributed by atoms with van der Waals surface area (Å²) in [5.41, 5.74) is 2.68. The first kappa shape index (κ1) is 17.0. The van der Waals surface area contributed by atoms with E-state index >= 15 is 0 Å². The van der Waals surface area contributed by atoms with Gasteiger partial charge in [0, 0.05) is 37.8 Å². The van der Waals surface area contributed by atoms with Crippen LogP contribution in [0.3, 0.4) is 0 Å². The van der Waals surface area contributed by atoms with Crippen molar-refractivity contribution in [1.29, 1.82) is 0 Å². The lowest BCUT2D eigenvalue weighted by Gasteiger charge is -2.38. The zero-order valence-electron chi connectivity index (χ0n) is 15.0. The van der Waals surface area contributed by atoms with Crippen LogP contribution in [-0.2, 0) is 6.42 Å². The van der Waals surface area contributed by atoms with Gasteiger partial charge in [0.1, 0.15) is 11.6 Å². The van der Waals surface area contributed by atoms with E-state index < -0.39 is 0 Å². The van der Waals surface area contributed by atoms with Crippen LogP contribution in [-0.4, -0.2) is 49.0 Å². The number of methoxy groups -OCH3 is 1. The molecule has 2 aliphatic rings. The fourth-order valence-corrected chi connectivity index (χ4v) is 4.12. The molecule has 4 nitrogen and oxygen atoms in total. The van der Waals surface area contributed by atoms with Crippen molar-refractivity contribution < 1.29 is 13.9 Å². The summed E-state index contributed by atoms with van der Waals surface area (Å²) in [7, 11) is 1.61. The summed E-state index contributed by atoms with van der Waals surface area (Å²) in [4.78, 5) is 17.0. The van der Waals surface area contributed by atoms with Crippen molar-refractivity contribution >= 4 is 5.91 Å². The number of piperazine rings is 1. The van der Waals surface area contributed by atoms with Crippen molar-refractivity contribution in [3.05, 3.63) is 65.0 Å². The summed E-state index contributed by atoms with van der Waals surface area (Å²) < 4.78 is 19.1. The number of halogens is 1. The Hall–Kier alpha value is -2.40. The van der Waals surface area contributed by atoms with Gasteiger partial charge in [-0.2, -0.15) is 0 Å². The molecule has 1 amide bonds. The lowest BCUT2D eigenvalue weighted by molar-refractivity contribution is 0.0568. The van der Waals surface area contributed by atoms with Gasteiger partial charge in [0.25, 0.3) is 5.91 Å². The quantitative estimate of drug-likeness (QED) is 0.848. The Morgan fingerprint density at radius 3 is 2.50 bits per heavy atom. The topological polar surface area (TPSA) is 32.8 Å². The number of carbonyl (C=O) groups excluding carboxylic acids is 1. The Balaban J connectivity index is 1.40. The highest BCUT2D eigenvalue weighted by Crippen LogP contribution is 2.37. The number of carbonyl (C=O) groups is 1. The summed E-state index contributed by atoms with van der Waals surface area (Å²) in [6, 6.07) is 12.9. The van der Waals surface area contributed by atoms with Crippen LogP contribution in [0.5, 0.6) is 5.75 Å². The smallest absolute Gasteiger partial charge is 0.253 e. The minimum absolute atomic E-state index is 0.0603. The largest absolute Gasteiger partial charge is 0.497 e. The molecule has 26 heavy (non-hydrogen) atoms. The molecule has 5 heteroatoms. The molecule has 136 valence electrons. The number of benzene rings is 2. The van der Waals surface area contributed by atoms with Crippen molar-refractivity contribution in [2.75, 3.05) is 33.3 Å². The molecule has 2 aromatic rings. The zero-order chi connectivity index (χ0) is 18.1. The third kappa shape index (κ3) is 3.07. The third-order valence-corrected chi connectivity index (χ3v) is 5.56. The number of hydrogen-bond acceptors (Lipinski definition) is 3. The molecule has 1 atom stereocenters. The van der Waals surface area contributed by atoms with Gasteiger partial charge in [-0.25, -0.2) is 4.39 Å². The van der Waals surface area contributed by atoms with Crippen molar-refractivity contribution in [2.24, 2.45) is 0 Å². The van der Waals surface area contributed by atoms with Crippen molar-refractivity contribution in [1.82, 2.24) is 9.80 Å². The average molecular weight is 354 g/mol. The number of amides is 1. The van der Waals surface area contributed by atoms with Crippen LogP contribution in [0.2, 0.25) is 0 Å². The van der Waals surface area contributed by atoms with E-state index in [1.807, 2.05) is 35.2 Å². The highest BCUT2D eigenvalue weighted by atomic mass is 19.1. The van der Waals surface area contributed by atoms with Crippen LogP contribution in [0.15, 0.2) is 42.5 Å². The fraction of sp³-hybridized carbons (Fsp3) is 0.381. The normalized spacial score (nSPS) is 20.1. The lowest BCUT2D eigenvalue weighted by Crippen LogP contribution is -2.49. The summed E-state index contributed by atoms with van der Waals surface area (Å²) in [5, 5.41) is 0. The molecule has 0 unspecified atom stereocenters. The molecule has 0 aromatic heterocycles. The van der Waals surface area contributed by atoms with Gasteiger partial charge < -0.3 is 9.64 Å². The highest BCUT2D eigenvalue weighted by molar-refractivity contribution is 5.94. The van der Waals surface area contributed by atoms with E-state index in [4.69, 9.17) is 4.74 Å². The Bertz CT molecular complexity index is 798. The molecule has 0 N–H and O–H groups in total. The molecule has 1 heterocycles. The minimum atomic E-state index is -0.0849. The molecule has 1 aliphatic heterocycles. The van der Waals surface area contributed by atoms with Crippen LogP contribution in [0.1, 0.15) is 33.9 Å². The van der Waals surface area contributed by atoms with Crippen LogP contribution >= 0.6 is 0 Å². The Morgan fingerprint density at radius 1 is 1.08 bits per heavy atom. The molecule has 1 fully saturated rings. The molecular weight excluding hydrogens is 331 g/mol. The van der Waals surface area contributed by atoms with Crippen molar-refractivity contribution in [3.63, 3.8) is 0 Å². The summed E-state index contributed by atoms with van der Waals surface area (Å²) in [5.74, 6) is 0.724. The van der Waals surface area contributed by atoms with E-state index in [1.165, 1.54) is 0 Å². The summed E-state index contributed by atoms with van der Waals surface area (Å²) >= 11 is 0. The first-order valence-electron chi connectivity index (χ1n) is 9.12. The molecule has 0 saturated carbocycles. The molecule has 0 radical (unpaired) electrons. The maximum atomic E-state index is 14.0. The van der Waals surface area contributed by atoms with Crippen molar-refractivity contribution in [2.45, 2.75) is 18.9 Å². The predicted molar refractivity (Wildman–Crippen MR) is 97.9 cm³/mol.